The van der Waals surface area contributed by atoms with Crippen LogP contribution in [0.3, 0.4) is 0 Å². The van der Waals surface area contributed by atoms with Gasteiger partial charge in [-0.1, -0.05) is 27.2 Å². The molecule has 4 heteroatoms. The second-order valence-electron chi connectivity index (χ2n) is 3.46. The molecule has 1 unspecified atom stereocenters. The highest BCUT2D eigenvalue weighted by Gasteiger charge is 2.30. The molecule has 1 atom stereocenters. The Balaban J connectivity index is 3.89. The Morgan fingerprint density at radius 1 is 1.23 bits per heavy atom. The highest BCUT2D eigenvalue weighted by atomic mass is 19.4. The van der Waals surface area contributed by atoms with Crippen LogP contribution in [0, 0.1) is 5.92 Å². The van der Waals surface area contributed by atoms with E-state index in [2.05, 4.69) is 0 Å². The van der Waals surface area contributed by atoms with Gasteiger partial charge in [0.25, 0.3) is 0 Å². The molecular formula is C9H18F3N. The van der Waals surface area contributed by atoms with Crippen LogP contribution in [0.25, 0.3) is 0 Å². The molecular weight excluding hydrogens is 179 g/mol. The van der Waals surface area contributed by atoms with Crippen LogP contribution in [-0.4, -0.2) is 30.7 Å². The number of alkyl halides is 3. The number of hydrogen-bond donors (Lipinski definition) is 0. The fourth-order valence-electron chi connectivity index (χ4n) is 1.13. The summed E-state index contributed by atoms with van der Waals surface area (Å²) in [6, 6.07) is 0. The summed E-state index contributed by atoms with van der Waals surface area (Å²) in [5.41, 5.74) is 0. The second kappa shape index (κ2) is 5.47. The zero-order valence-electron chi connectivity index (χ0n) is 8.49. The lowest BCUT2D eigenvalue weighted by molar-refractivity contribution is -0.146. The highest BCUT2D eigenvalue weighted by molar-refractivity contribution is 4.64. The lowest BCUT2D eigenvalue weighted by atomic mass is 10.1. The lowest BCUT2D eigenvalue weighted by Gasteiger charge is -2.24. The SMILES string of the molecule is CCC(C)CN(CC)CC(F)(F)F. The van der Waals surface area contributed by atoms with Gasteiger partial charge in [-0.05, 0) is 12.5 Å². The van der Waals surface area contributed by atoms with E-state index in [0.717, 1.165) is 6.42 Å². The summed E-state index contributed by atoms with van der Waals surface area (Å²) >= 11 is 0. The molecule has 0 heterocycles. The maximum atomic E-state index is 12.0. The molecule has 80 valence electrons. The minimum atomic E-state index is -4.07. The van der Waals surface area contributed by atoms with Gasteiger partial charge < -0.3 is 0 Å². The first kappa shape index (κ1) is 12.8. The maximum Gasteiger partial charge on any atom is 0.401 e. The molecule has 0 rings (SSSR count). The van der Waals surface area contributed by atoms with Gasteiger partial charge in [0.05, 0.1) is 6.54 Å². The summed E-state index contributed by atoms with van der Waals surface area (Å²) in [5, 5.41) is 0. The van der Waals surface area contributed by atoms with Crippen molar-refractivity contribution >= 4 is 0 Å². The summed E-state index contributed by atoms with van der Waals surface area (Å²) in [4.78, 5) is 1.44. The molecule has 0 aliphatic heterocycles. The third kappa shape index (κ3) is 6.87. The second-order valence-corrected chi connectivity index (χ2v) is 3.46. The smallest absolute Gasteiger partial charge is 0.295 e. The standard InChI is InChI=1S/C9H18F3N/c1-4-8(3)6-13(5-2)7-9(10,11)12/h8H,4-7H2,1-3H3. The molecule has 0 saturated heterocycles. The zero-order chi connectivity index (χ0) is 10.5. The van der Waals surface area contributed by atoms with Gasteiger partial charge >= 0.3 is 6.18 Å². The number of hydrogen-bond acceptors (Lipinski definition) is 1. The Bertz CT molecular complexity index is 133. The first-order valence-corrected chi connectivity index (χ1v) is 4.68. The third-order valence-corrected chi connectivity index (χ3v) is 2.12. The number of rotatable bonds is 5. The first-order chi connectivity index (χ1) is 5.89. The van der Waals surface area contributed by atoms with E-state index in [1.807, 2.05) is 13.8 Å². The Hall–Kier alpha value is -0.250. The molecule has 0 radical (unpaired) electrons. The number of nitrogens with zero attached hydrogens (tertiary/aromatic N) is 1. The Kier molecular flexibility index (Phi) is 5.37. The molecule has 0 amide bonds. The minimum Gasteiger partial charge on any atom is -0.295 e. The van der Waals surface area contributed by atoms with Crippen molar-refractivity contribution in [2.75, 3.05) is 19.6 Å². The molecule has 0 bridgehead atoms. The van der Waals surface area contributed by atoms with Crippen molar-refractivity contribution in [3.63, 3.8) is 0 Å². The van der Waals surface area contributed by atoms with Crippen molar-refractivity contribution in [2.45, 2.75) is 33.4 Å². The largest absolute Gasteiger partial charge is 0.401 e. The molecule has 0 aromatic carbocycles. The van der Waals surface area contributed by atoms with Crippen molar-refractivity contribution in [1.29, 1.82) is 0 Å². The average Bonchev–Trinajstić information content (AvgIpc) is 2.00. The van der Waals surface area contributed by atoms with E-state index in [0.29, 0.717) is 19.0 Å². The van der Waals surface area contributed by atoms with Crippen molar-refractivity contribution in [1.82, 2.24) is 4.90 Å². The van der Waals surface area contributed by atoms with Crippen molar-refractivity contribution in [2.24, 2.45) is 5.92 Å². The Morgan fingerprint density at radius 2 is 1.77 bits per heavy atom. The van der Waals surface area contributed by atoms with E-state index >= 15 is 0 Å². The molecule has 13 heavy (non-hydrogen) atoms. The van der Waals surface area contributed by atoms with Crippen LogP contribution in [0.5, 0.6) is 0 Å². The van der Waals surface area contributed by atoms with Gasteiger partial charge in [-0.2, -0.15) is 13.2 Å². The van der Waals surface area contributed by atoms with Crippen molar-refractivity contribution in [3.8, 4) is 0 Å². The van der Waals surface area contributed by atoms with E-state index in [1.54, 1.807) is 6.92 Å². The van der Waals surface area contributed by atoms with Gasteiger partial charge in [0, 0.05) is 6.54 Å². The molecule has 0 spiro atoms. The summed E-state index contributed by atoms with van der Waals surface area (Å²) < 4.78 is 36.0. The van der Waals surface area contributed by atoms with Crippen LogP contribution < -0.4 is 0 Å². The van der Waals surface area contributed by atoms with Gasteiger partial charge in [-0.25, -0.2) is 0 Å². The molecule has 0 aromatic heterocycles. The quantitative estimate of drug-likeness (QED) is 0.655. The normalized spacial score (nSPS) is 15.0. The highest BCUT2D eigenvalue weighted by Crippen LogP contribution is 2.17. The monoisotopic (exact) mass is 197 g/mol. The van der Waals surface area contributed by atoms with E-state index in [9.17, 15) is 13.2 Å². The fraction of sp³-hybridized carbons (Fsp3) is 1.00. The predicted molar refractivity (Wildman–Crippen MR) is 47.6 cm³/mol. The van der Waals surface area contributed by atoms with Gasteiger partial charge in [-0.3, -0.25) is 4.90 Å². The van der Waals surface area contributed by atoms with Crippen molar-refractivity contribution in [3.05, 3.63) is 0 Å². The molecule has 0 aromatic rings. The van der Waals surface area contributed by atoms with Gasteiger partial charge in [0.2, 0.25) is 0 Å². The zero-order valence-corrected chi connectivity index (χ0v) is 8.49. The molecule has 0 N–H and O–H groups in total. The summed E-state index contributed by atoms with van der Waals surface area (Å²) in [7, 11) is 0. The fourth-order valence-corrected chi connectivity index (χ4v) is 1.13. The van der Waals surface area contributed by atoms with Gasteiger partial charge in [0.1, 0.15) is 0 Å². The number of halogens is 3. The van der Waals surface area contributed by atoms with Crippen LogP contribution in [0.2, 0.25) is 0 Å². The van der Waals surface area contributed by atoms with Crippen LogP contribution in [0.15, 0.2) is 0 Å². The Morgan fingerprint density at radius 3 is 2.08 bits per heavy atom. The van der Waals surface area contributed by atoms with Gasteiger partial charge in [0.15, 0.2) is 0 Å². The molecule has 0 aliphatic rings. The first-order valence-electron chi connectivity index (χ1n) is 4.68. The lowest BCUT2D eigenvalue weighted by Crippen LogP contribution is -2.36. The van der Waals surface area contributed by atoms with Crippen LogP contribution in [-0.2, 0) is 0 Å². The molecule has 0 saturated carbocycles. The molecule has 0 fully saturated rings. The van der Waals surface area contributed by atoms with Gasteiger partial charge in [-0.15, -0.1) is 0 Å². The van der Waals surface area contributed by atoms with E-state index < -0.39 is 12.7 Å². The summed E-state index contributed by atoms with van der Waals surface area (Å²) in [5.74, 6) is 0.335. The predicted octanol–water partition coefficient (Wildman–Crippen LogP) is 2.92. The Labute approximate surface area is 77.9 Å². The van der Waals surface area contributed by atoms with E-state index in [1.165, 1.54) is 4.90 Å². The maximum absolute atomic E-state index is 12.0. The minimum absolute atomic E-state index is 0.335. The average molecular weight is 197 g/mol. The van der Waals surface area contributed by atoms with Crippen LogP contribution in [0.4, 0.5) is 13.2 Å². The van der Waals surface area contributed by atoms with Crippen LogP contribution >= 0.6 is 0 Å². The third-order valence-electron chi connectivity index (χ3n) is 2.12. The van der Waals surface area contributed by atoms with E-state index in [4.69, 9.17) is 0 Å². The topological polar surface area (TPSA) is 3.24 Å². The molecule has 1 nitrogen and oxygen atoms in total. The summed E-state index contributed by atoms with van der Waals surface area (Å²) in [6.45, 7) is 5.93. The van der Waals surface area contributed by atoms with Crippen LogP contribution in [0.1, 0.15) is 27.2 Å². The van der Waals surface area contributed by atoms with E-state index in [-0.39, 0.29) is 0 Å². The molecule has 0 aliphatic carbocycles. The summed E-state index contributed by atoms with van der Waals surface area (Å²) in [6.07, 6.45) is -3.14. The van der Waals surface area contributed by atoms with Crippen molar-refractivity contribution < 1.29 is 13.2 Å².